The van der Waals surface area contributed by atoms with E-state index in [1.807, 2.05) is 31.2 Å². The Bertz CT molecular complexity index is 397. The van der Waals surface area contributed by atoms with E-state index < -0.39 is 0 Å². The van der Waals surface area contributed by atoms with Gasteiger partial charge in [-0.1, -0.05) is 6.92 Å². The maximum absolute atomic E-state index is 12.2. The first-order valence-corrected chi connectivity index (χ1v) is 6.63. The fraction of sp³-hybridized carbons (Fsp3) is 0.533. The predicted molar refractivity (Wildman–Crippen MR) is 70.1 cm³/mol. The lowest BCUT2D eigenvalue weighted by atomic mass is 10.0. The quantitative estimate of drug-likeness (QED) is 0.750. The van der Waals surface area contributed by atoms with Gasteiger partial charge in [-0.25, -0.2) is 0 Å². The summed E-state index contributed by atoms with van der Waals surface area (Å²) in [5.41, 5.74) is 0.706. The van der Waals surface area contributed by atoms with Gasteiger partial charge in [0.05, 0.1) is 12.7 Å². The molecular formula is C15H20O3. The van der Waals surface area contributed by atoms with Crippen LogP contribution in [0.5, 0.6) is 5.75 Å². The SMILES string of the molecule is CCCOc1ccc(C(=O)C2CCC(C)O2)cc1. The third kappa shape index (κ3) is 3.10. The summed E-state index contributed by atoms with van der Waals surface area (Å²) in [6, 6.07) is 7.34. The van der Waals surface area contributed by atoms with Crippen LogP contribution in [0.25, 0.3) is 0 Å². The van der Waals surface area contributed by atoms with E-state index in [2.05, 4.69) is 6.92 Å². The Kier molecular flexibility index (Phi) is 4.37. The lowest BCUT2D eigenvalue weighted by molar-refractivity contribution is 0.0433. The minimum Gasteiger partial charge on any atom is -0.494 e. The maximum Gasteiger partial charge on any atom is 0.191 e. The largest absolute Gasteiger partial charge is 0.494 e. The van der Waals surface area contributed by atoms with Crippen LogP contribution in [0.15, 0.2) is 24.3 Å². The van der Waals surface area contributed by atoms with E-state index in [-0.39, 0.29) is 18.0 Å². The summed E-state index contributed by atoms with van der Waals surface area (Å²) in [6.07, 6.45) is 2.71. The van der Waals surface area contributed by atoms with E-state index in [1.165, 1.54) is 0 Å². The maximum atomic E-state index is 12.2. The van der Waals surface area contributed by atoms with E-state index in [0.717, 1.165) is 25.0 Å². The Morgan fingerprint density at radius 2 is 2.06 bits per heavy atom. The lowest BCUT2D eigenvalue weighted by Gasteiger charge is -2.10. The van der Waals surface area contributed by atoms with Crippen molar-refractivity contribution in [1.82, 2.24) is 0 Å². The molecule has 2 rings (SSSR count). The van der Waals surface area contributed by atoms with Crippen LogP contribution in [0.3, 0.4) is 0 Å². The summed E-state index contributed by atoms with van der Waals surface area (Å²) in [7, 11) is 0. The van der Waals surface area contributed by atoms with E-state index in [9.17, 15) is 4.79 Å². The van der Waals surface area contributed by atoms with Crippen molar-refractivity contribution in [3.05, 3.63) is 29.8 Å². The van der Waals surface area contributed by atoms with Crippen molar-refractivity contribution >= 4 is 5.78 Å². The molecule has 2 unspecified atom stereocenters. The highest BCUT2D eigenvalue weighted by atomic mass is 16.5. The predicted octanol–water partition coefficient (Wildman–Crippen LogP) is 3.23. The van der Waals surface area contributed by atoms with Gasteiger partial charge in [0.1, 0.15) is 11.9 Å². The molecule has 0 aliphatic carbocycles. The molecule has 0 saturated carbocycles. The second-order valence-corrected chi connectivity index (χ2v) is 4.75. The smallest absolute Gasteiger partial charge is 0.191 e. The van der Waals surface area contributed by atoms with Crippen molar-refractivity contribution in [1.29, 1.82) is 0 Å². The first-order valence-electron chi connectivity index (χ1n) is 6.63. The summed E-state index contributed by atoms with van der Waals surface area (Å²) in [4.78, 5) is 12.2. The van der Waals surface area contributed by atoms with Crippen LogP contribution in [-0.2, 0) is 4.74 Å². The Balaban J connectivity index is 1.98. The van der Waals surface area contributed by atoms with E-state index >= 15 is 0 Å². The third-order valence-corrected chi connectivity index (χ3v) is 3.14. The molecule has 1 fully saturated rings. The molecule has 1 aliphatic rings. The Labute approximate surface area is 108 Å². The average molecular weight is 248 g/mol. The molecule has 1 aromatic rings. The van der Waals surface area contributed by atoms with Gasteiger partial charge in [0.15, 0.2) is 5.78 Å². The normalized spacial score (nSPS) is 23.0. The van der Waals surface area contributed by atoms with Crippen molar-refractivity contribution in [2.75, 3.05) is 6.61 Å². The van der Waals surface area contributed by atoms with Crippen molar-refractivity contribution in [2.45, 2.75) is 45.3 Å². The Hall–Kier alpha value is -1.35. The van der Waals surface area contributed by atoms with Gasteiger partial charge < -0.3 is 9.47 Å². The molecule has 0 radical (unpaired) electrons. The molecule has 1 aliphatic heterocycles. The molecular weight excluding hydrogens is 228 g/mol. The van der Waals surface area contributed by atoms with Crippen LogP contribution in [-0.4, -0.2) is 24.6 Å². The van der Waals surface area contributed by atoms with Gasteiger partial charge in [-0.05, 0) is 50.5 Å². The van der Waals surface area contributed by atoms with Crippen molar-refractivity contribution in [3.8, 4) is 5.75 Å². The van der Waals surface area contributed by atoms with Crippen LogP contribution < -0.4 is 4.74 Å². The van der Waals surface area contributed by atoms with Gasteiger partial charge >= 0.3 is 0 Å². The topological polar surface area (TPSA) is 35.5 Å². The molecule has 0 spiro atoms. The van der Waals surface area contributed by atoms with Gasteiger partial charge in [0, 0.05) is 5.56 Å². The Morgan fingerprint density at radius 1 is 1.33 bits per heavy atom. The standard InChI is InChI=1S/C15H20O3/c1-3-10-17-13-7-5-12(6-8-13)15(16)14-9-4-11(2)18-14/h5-8,11,14H,3-4,9-10H2,1-2H3. The van der Waals surface area contributed by atoms with E-state index in [1.54, 1.807) is 0 Å². The number of Topliss-reactive ketones (excluding diaryl/α,β-unsaturated/α-hetero) is 1. The van der Waals surface area contributed by atoms with Crippen LogP contribution in [0.2, 0.25) is 0 Å². The Morgan fingerprint density at radius 3 is 2.61 bits per heavy atom. The van der Waals surface area contributed by atoms with E-state index in [4.69, 9.17) is 9.47 Å². The number of benzene rings is 1. The zero-order valence-electron chi connectivity index (χ0n) is 11.0. The number of ketones is 1. The molecule has 1 saturated heterocycles. The first-order chi connectivity index (χ1) is 8.70. The van der Waals surface area contributed by atoms with Crippen LogP contribution >= 0.6 is 0 Å². The van der Waals surface area contributed by atoms with Gasteiger partial charge in [0.2, 0.25) is 0 Å². The second-order valence-electron chi connectivity index (χ2n) is 4.75. The third-order valence-electron chi connectivity index (χ3n) is 3.14. The molecule has 3 nitrogen and oxygen atoms in total. The zero-order valence-corrected chi connectivity index (χ0v) is 11.0. The summed E-state index contributed by atoms with van der Waals surface area (Å²) < 4.78 is 11.1. The highest BCUT2D eigenvalue weighted by Gasteiger charge is 2.28. The second kappa shape index (κ2) is 6.01. The van der Waals surface area contributed by atoms with Gasteiger partial charge in [0.25, 0.3) is 0 Å². The minimum atomic E-state index is -0.262. The summed E-state index contributed by atoms with van der Waals surface area (Å²) in [5, 5.41) is 0. The first kappa shape index (κ1) is 13.1. The fourth-order valence-electron chi connectivity index (χ4n) is 2.12. The number of carbonyl (C=O) groups excluding carboxylic acids is 1. The van der Waals surface area contributed by atoms with Gasteiger partial charge in [-0.2, -0.15) is 0 Å². The molecule has 1 aromatic carbocycles. The highest BCUT2D eigenvalue weighted by Crippen LogP contribution is 2.23. The molecule has 1 heterocycles. The van der Waals surface area contributed by atoms with E-state index in [0.29, 0.717) is 12.2 Å². The number of carbonyl (C=O) groups is 1. The number of rotatable bonds is 5. The van der Waals surface area contributed by atoms with Crippen LogP contribution in [0, 0.1) is 0 Å². The summed E-state index contributed by atoms with van der Waals surface area (Å²) in [6.45, 7) is 4.78. The lowest BCUT2D eigenvalue weighted by Crippen LogP contribution is -2.20. The molecule has 0 N–H and O–H groups in total. The summed E-state index contributed by atoms with van der Waals surface area (Å²) >= 11 is 0. The van der Waals surface area contributed by atoms with Gasteiger partial charge in [-0.3, -0.25) is 4.79 Å². The summed E-state index contributed by atoms with van der Waals surface area (Å²) in [5.74, 6) is 0.899. The molecule has 2 atom stereocenters. The number of hydrogen-bond acceptors (Lipinski definition) is 3. The van der Waals surface area contributed by atoms with Gasteiger partial charge in [-0.15, -0.1) is 0 Å². The highest BCUT2D eigenvalue weighted by molar-refractivity contribution is 5.99. The molecule has 98 valence electrons. The van der Waals surface area contributed by atoms with Crippen molar-refractivity contribution in [3.63, 3.8) is 0 Å². The average Bonchev–Trinajstić information content (AvgIpc) is 2.83. The number of ether oxygens (including phenoxy) is 2. The molecule has 3 heteroatoms. The van der Waals surface area contributed by atoms with Crippen molar-refractivity contribution in [2.24, 2.45) is 0 Å². The molecule has 0 bridgehead atoms. The monoisotopic (exact) mass is 248 g/mol. The molecule has 18 heavy (non-hydrogen) atoms. The van der Waals surface area contributed by atoms with Crippen LogP contribution in [0.4, 0.5) is 0 Å². The molecule has 0 amide bonds. The van der Waals surface area contributed by atoms with Crippen molar-refractivity contribution < 1.29 is 14.3 Å². The molecule has 0 aromatic heterocycles. The van der Waals surface area contributed by atoms with Crippen LogP contribution in [0.1, 0.15) is 43.5 Å². The minimum absolute atomic E-state index is 0.0846. The fourth-order valence-corrected chi connectivity index (χ4v) is 2.12. The zero-order chi connectivity index (χ0) is 13.0. The number of hydrogen-bond donors (Lipinski definition) is 0.